The van der Waals surface area contributed by atoms with Crippen LogP contribution in [0.1, 0.15) is 22.2 Å². The van der Waals surface area contributed by atoms with Crippen molar-refractivity contribution in [1.82, 2.24) is 4.98 Å². The summed E-state index contributed by atoms with van der Waals surface area (Å²) in [5.74, 6) is 0.572. The minimum atomic E-state index is -4.69. The van der Waals surface area contributed by atoms with Crippen LogP contribution >= 0.6 is 11.3 Å². The summed E-state index contributed by atoms with van der Waals surface area (Å²) in [6, 6.07) is 14.1. The third-order valence-corrected chi connectivity index (χ3v) is 6.12. The molecule has 0 radical (unpaired) electrons. The summed E-state index contributed by atoms with van der Waals surface area (Å²) in [7, 11) is 1.51. The highest BCUT2D eigenvalue weighted by atomic mass is 32.1. The van der Waals surface area contributed by atoms with Crippen LogP contribution < -0.4 is 20.5 Å². The molecule has 0 spiro atoms. The van der Waals surface area contributed by atoms with E-state index in [0.717, 1.165) is 17.4 Å². The molecule has 0 fully saturated rings. The molecule has 3 N–H and O–H groups in total. The van der Waals surface area contributed by atoms with Gasteiger partial charge in [0.25, 0.3) is 5.91 Å². The predicted molar refractivity (Wildman–Crippen MR) is 127 cm³/mol. The van der Waals surface area contributed by atoms with Crippen LogP contribution in [0.2, 0.25) is 0 Å². The topological polar surface area (TPSA) is 86.5 Å². The summed E-state index contributed by atoms with van der Waals surface area (Å²) >= 11 is 0.812. The molecule has 2 heterocycles. The summed E-state index contributed by atoms with van der Waals surface area (Å²) < 4.78 is 52.4. The van der Waals surface area contributed by atoms with E-state index in [-0.39, 0.29) is 26.5 Å². The summed E-state index contributed by atoms with van der Waals surface area (Å²) in [6.07, 6.45) is -4.69. The Labute approximate surface area is 197 Å². The number of carbonyl (C=O) groups excluding carboxylic acids is 1. The van der Waals surface area contributed by atoms with Crippen LogP contribution in [0, 0.1) is 0 Å². The Balaban J connectivity index is 1.76. The number of hydrogen-bond acceptors (Lipinski definition) is 6. The molecule has 0 aliphatic carbocycles. The molecule has 0 atom stereocenters. The number of aromatic nitrogens is 1. The van der Waals surface area contributed by atoms with E-state index in [2.05, 4.69) is 10.3 Å². The molecule has 4 aromatic rings. The number of hydrogen-bond donors (Lipinski definition) is 2. The first-order valence-electron chi connectivity index (χ1n) is 10.2. The Morgan fingerprint density at radius 3 is 2.32 bits per heavy atom. The second kappa shape index (κ2) is 9.22. The lowest BCUT2D eigenvalue weighted by Gasteiger charge is -2.12. The van der Waals surface area contributed by atoms with E-state index in [1.54, 1.807) is 48.5 Å². The first kappa shape index (κ1) is 23.4. The Kier molecular flexibility index (Phi) is 6.34. The van der Waals surface area contributed by atoms with Crippen LogP contribution in [0.5, 0.6) is 11.5 Å². The molecule has 0 aliphatic heterocycles. The average molecular weight is 488 g/mol. The van der Waals surface area contributed by atoms with Gasteiger partial charge in [-0.15, -0.1) is 11.3 Å². The summed E-state index contributed by atoms with van der Waals surface area (Å²) in [4.78, 5) is 17.2. The van der Waals surface area contributed by atoms with Crippen molar-refractivity contribution < 1.29 is 27.4 Å². The van der Waals surface area contributed by atoms with Crippen molar-refractivity contribution in [2.45, 2.75) is 13.1 Å². The minimum Gasteiger partial charge on any atom is -0.497 e. The second-order valence-corrected chi connectivity index (χ2v) is 8.22. The number of amides is 1. The summed E-state index contributed by atoms with van der Waals surface area (Å²) in [5.41, 5.74) is 5.89. The monoisotopic (exact) mass is 487 g/mol. The molecule has 0 unspecified atom stereocenters. The number of anilines is 2. The molecule has 4 rings (SSSR count). The lowest BCUT2D eigenvalue weighted by atomic mass is 10.1. The van der Waals surface area contributed by atoms with Gasteiger partial charge in [0.1, 0.15) is 21.2 Å². The maximum absolute atomic E-state index is 14.0. The molecule has 176 valence electrons. The smallest absolute Gasteiger partial charge is 0.417 e. The molecule has 6 nitrogen and oxygen atoms in total. The molecule has 0 bridgehead atoms. The van der Waals surface area contributed by atoms with Crippen molar-refractivity contribution in [2.75, 3.05) is 24.8 Å². The number of rotatable bonds is 6. The average Bonchev–Trinajstić information content (AvgIpc) is 3.15. The van der Waals surface area contributed by atoms with Crippen LogP contribution in [0.4, 0.5) is 24.5 Å². The lowest BCUT2D eigenvalue weighted by Crippen LogP contribution is -2.12. The highest BCUT2D eigenvalue weighted by Crippen LogP contribution is 2.43. The number of thiophene rings is 1. The Morgan fingerprint density at radius 2 is 1.74 bits per heavy atom. The molecule has 0 aliphatic rings. The van der Waals surface area contributed by atoms with Crippen LogP contribution in [-0.4, -0.2) is 24.6 Å². The molecular formula is C24H20F3N3O3S. The standard InChI is InChI=1S/C24H20F3N3O3S/c1-3-33-16-8-4-13(5-9-16)18-12-17(24(25,26)27)19-20(28)21(34-23(19)30-18)22(31)29-14-6-10-15(32-2)11-7-14/h4-12H,3,28H2,1-2H3,(H,29,31). The van der Waals surface area contributed by atoms with E-state index in [4.69, 9.17) is 15.2 Å². The van der Waals surface area contributed by atoms with Crippen molar-refractivity contribution in [3.8, 4) is 22.8 Å². The zero-order valence-electron chi connectivity index (χ0n) is 18.2. The van der Waals surface area contributed by atoms with Crippen molar-refractivity contribution in [1.29, 1.82) is 0 Å². The number of carbonyl (C=O) groups is 1. The van der Waals surface area contributed by atoms with Crippen molar-refractivity contribution in [3.63, 3.8) is 0 Å². The number of benzene rings is 2. The molecular weight excluding hydrogens is 467 g/mol. The Morgan fingerprint density at radius 1 is 1.09 bits per heavy atom. The number of nitrogen functional groups attached to an aromatic ring is 1. The van der Waals surface area contributed by atoms with E-state index in [9.17, 15) is 18.0 Å². The van der Waals surface area contributed by atoms with Gasteiger partial charge in [-0.2, -0.15) is 13.2 Å². The molecule has 10 heteroatoms. The van der Waals surface area contributed by atoms with Crippen LogP contribution in [-0.2, 0) is 6.18 Å². The zero-order chi connectivity index (χ0) is 24.5. The van der Waals surface area contributed by atoms with Gasteiger partial charge in [0.2, 0.25) is 0 Å². The predicted octanol–water partition coefficient (Wildman–Crippen LogP) is 6.22. The number of halogens is 3. The van der Waals surface area contributed by atoms with E-state index in [0.29, 0.717) is 29.4 Å². The number of alkyl halides is 3. The van der Waals surface area contributed by atoms with E-state index in [1.807, 2.05) is 6.92 Å². The van der Waals surface area contributed by atoms with Gasteiger partial charge in [-0.1, -0.05) is 0 Å². The number of nitrogens with one attached hydrogen (secondary N) is 1. The first-order valence-corrected chi connectivity index (χ1v) is 11.0. The number of ether oxygens (including phenoxy) is 2. The largest absolute Gasteiger partial charge is 0.497 e. The van der Waals surface area contributed by atoms with Gasteiger partial charge in [-0.3, -0.25) is 4.79 Å². The Bertz CT molecular complexity index is 1330. The normalized spacial score (nSPS) is 11.4. The third kappa shape index (κ3) is 4.62. The van der Waals surface area contributed by atoms with E-state index in [1.165, 1.54) is 7.11 Å². The van der Waals surface area contributed by atoms with Gasteiger partial charge in [0, 0.05) is 16.6 Å². The van der Waals surface area contributed by atoms with Gasteiger partial charge in [0.15, 0.2) is 0 Å². The zero-order valence-corrected chi connectivity index (χ0v) is 19.0. The number of fused-ring (bicyclic) bond motifs is 1. The van der Waals surface area contributed by atoms with Gasteiger partial charge in [0.05, 0.1) is 30.7 Å². The fraction of sp³-hybridized carbons (Fsp3) is 0.167. The first-order chi connectivity index (χ1) is 16.2. The maximum atomic E-state index is 14.0. The van der Waals surface area contributed by atoms with E-state index >= 15 is 0 Å². The SMILES string of the molecule is CCOc1ccc(-c2cc(C(F)(F)F)c3c(N)c(C(=O)Nc4ccc(OC)cc4)sc3n2)cc1. The van der Waals surface area contributed by atoms with Gasteiger partial charge in [-0.25, -0.2) is 4.98 Å². The highest BCUT2D eigenvalue weighted by molar-refractivity contribution is 7.21. The fourth-order valence-corrected chi connectivity index (χ4v) is 4.43. The van der Waals surface area contributed by atoms with Crippen LogP contribution in [0.25, 0.3) is 21.5 Å². The molecule has 34 heavy (non-hydrogen) atoms. The quantitative estimate of drug-likeness (QED) is 0.337. The van der Waals surface area contributed by atoms with E-state index < -0.39 is 17.6 Å². The van der Waals surface area contributed by atoms with Crippen molar-refractivity contribution >= 4 is 38.8 Å². The van der Waals surface area contributed by atoms with Gasteiger partial charge >= 0.3 is 6.18 Å². The summed E-state index contributed by atoms with van der Waals surface area (Å²) in [5, 5.41) is 2.36. The number of nitrogens with zero attached hydrogens (tertiary/aromatic N) is 1. The molecule has 1 amide bonds. The Hall–Kier alpha value is -3.79. The van der Waals surface area contributed by atoms with Crippen LogP contribution in [0.3, 0.4) is 0 Å². The number of nitrogens with two attached hydrogens (primary N) is 1. The minimum absolute atomic E-state index is 0.0242. The molecule has 2 aromatic heterocycles. The van der Waals surface area contributed by atoms with Crippen molar-refractivity contribution in [2.24, 2.45) is 0 Å². The van der Waals surface area contributed by atoms with Gasteiger partial charge in [-0.05, 0) is 61.5 Å². The highest BCUT2D eigenvalue weighted by Gasteiger charge is 2.36. The number of pyridine rings is 1. The molecule has 2 aromatic carbocycles. The third-order valence-electron chi connectivity index (χ3n) is 5.02. The maximum Gasteiger partial charge on any atom is 0.417 e. The fourth-order valence-electron chi connectivity index (χ4n) is 3.41. The lowest BCUT2D eigenvalue weighted by molar-refractivity contribution is -0.136. The molecule has 0 saturated carbocycles. The second-order valence-electron chi connectivity index (χ2n) is 7.22. The summed E-state index contributed by atoms with van der Waals surface area (Å²) in [6.45, 7) is 2.31. The van der Waals surface area contributed by atoms with Crippen molar-refractivity contribution in [3.05, 3.63) is 65.0 Å². The van der Waals surface area contributed by atoms with Crippen LogP contribution in [0.15, 0.2) is 54.6 Å². The molecule has 0 saturated heterocycles. The number of methoxy groups -OCH3 is 1. The van der Waals surface area contributed by atoms with Gasteiger partial charge < -0.3 is 20.5 Å².